The lowest BCUT2D eigenvalue weighted by atomic mass is 9.78. The molecule has 0 aromatic rings. The van der Waals surface area contributed by atoms with E-state index in [1.807, 2.05) is 26.8 Å². The summed E-state index contributed by atoms with van der Waals surface area (Å²) in [6, 6.07) is 0. The molecule has 0 rings (SSSR count). The standard InChI is InChI=1S/C13H25NO/c1-7-10-13(8-2,9-3)11(15)14-12(4,5)6/h7H,1,8-10H2,2-6H3,(H,14,15). The van der Waals surface area contributed by atoms with Crippen molar-refractivity contribution >= 4 is 5.91 Å². The van der Waals surface area contributed by atoms with Gasteiger partial charge >= 0.3 is 0 Å². The number of carbonyl (C=O) groups excluding carboxylic acids is 1. The summed E-state index contributed by atoms with van der Waals surface area (Å²) in [5, 5.41) is 3.06. The van der Waals surface area contributed by atoms with Crippen LogP contribution in [-0.2, 0) is 4.79 Å². The van der Waals surface area contributed by atoms with Gasteiger partial charge in [-0.3, -0.25) is 4.79 Å². The summed E-state index contributed by atoms with van der Waals surface area (Å²) in [5.41, 5.74) is -0.428. The van der Waals surface area contributed by atoms with E-state index in [0.29, 0.717) is 0 Å². The Morgan fingerprint density at radius 3 is 2.00 bits per heavy atom. The molecular weight excluding hydrogens is 186 g/mol. The summed E-state index contributed by atoms with van der Waals surface area (Å²) in [4.78, 5) is 12.2. The zero-order valence-electron chi connectivity index (χ0n) is 10.8. The van der Waals surface area contributed by atoms with Crippen LogP contribution in [0.4, 0.5) is 0 Å². The number of amides is 1. The highest BCUT2D eigenvalue weighted by molar-refractivity contribution is 5.83. The topological polar surface area (TPSA) is 29.1 Å². The van der Waals surface area contributed by atoms with Gasteiger partial charge in [0.15, 0.2) is 0 Å². The molecule has 0 aromatic carbocycles. The lowest BCUT2D eigenvalue weighted by molar-refractivity contribution is -0.133. The van der Waals surface area contributed by atoms with Crippen LogP contribution in [0.1, 0.15) is 53.9 Å². The molecule has 15 heavy (non-hydrogen) atoms. The van der Waals surface area contributed by atoms with Crippen molar-refractivity contribution in [3.05, 3.63) is 12.7 Å². The fourth-order valence-corrected chi connectivity index (χ4v) is 1.70. The molecule has 88 valence electrons. The highest BCUT2D eigenvalue weighted by atomic mass is 16.2. The second-order valence-corrected chi connectivity index (χ2v) is 5.18. The average Bonchev–Trinajstić information content (AvgIpc) is 2.11. The van der Waals surface area contributed by atoms with Gasteiger partial charge in [-0.1, -0.05) is 19.9 Å². The van der Waals surface area contributed by atoms with Crippen LogP contribution in [0.25, 0.3) is 0 Å². The monoisotopic (exact) mass is 211 g/mol. The molecule has 0 aliphatic heterocycles. The molecule has 0 aliphatic rings. The van der Waals surface area contributed by atoms with Gasteiger partial charge in [-0.25, -0.2) is 0 Å². The minimum atomic E-state index is -0.269. The number of nitrogens with one attached hydrogen (secondary N) is 1. The van der Waals surface area contributed by atoms with E-state index in [1.54, 1.807) is 0 Å². The van der Waals surface area contributed by atoms with Crippen molar-refractivity contribution in [1.29, 1.82) is 0 Å². The first-order valence-corrected chi connectivity index (χ1v) is 5.75. The first-order valence-electron chi connectivity index (χ1n) is 5.75. The second-order valence-electron chi connectivity index (χ2n) is 5.18. The van der Waals surface area contributed by atoms with Gasteiger partial charge in [-0.2, -0.15) is 0 Å². The molecule has 0 saturated carbocycles. The van der Waals surface area contributed by atoms with E-state index in [9.17, 15) is 4.79 Å². The third kappa shape index (κ3) is 4.06. The van der Waals surface area contributed by atoms with E-state index in [0.717, 1.165) is 19.3 Å². The summed E-state index contributed by atoms with van der Waals surface area (Å²) in [7, 11) is 0. The fraction of sp³-hybridized carbons (Fsp3) is 0.769. The minimum Gasteiger partial charge on any atom is -0.351 e. The van der Waals surface area contributed by atoms with E-state index < -0.39 is 0 Å². The van der Waals surface area contributed by atoms with Gasteiger partial charge in [0, 0.05) is 5.54 Å². The van der Waals surface area contributed by atoms with Crippen LogP contribution in [0.2, 0.25) is 0 Å². The van der Waals surface area contributed by atoms with Crippen molar-refractivity contribution in [3.8, 4) is 0 Å². The average molecular weight is 211 g/mol. The summed E-state index contributed by atoms with van der Waals surface area (Å²) in [6.45, 7) is 13.9. The van der Waals surface area contributed by atoms with Gasteiger partial charge in [0.25, 0.3) is 0 Å². The number of carbonyl (C=O) groups is 1. The summed E-state index contributed by atoms with van der Waals surface area (Å²) < 4.78 is 0. The van der Waals surface area contributed by atoms with Gasteiger partial charge in [0.05, 0.1) is 5.41 Å². The normalized spacial score (nSPS) is 12.3. The Morgan fingerprint density at radius 1 is 1.27 bits per heavy atom. The fourth-order valence-electron chi connectivity index (χ4n) is 1.70. The number of hydrogen-bond donors (Lipinski definition) is 1. The van der Waals surface area contributed by atoms with E-state index >= 15 is 0 Å². The number of rotatable bonds is 5. The predicted molar refractivity (Wildman–Crippen MR) is 65.7 cm³/mol. The third-order valence-electron chi connectivity index (χ3n) is 2.86. The first-order chi connectivity index (χ1) is 6.81. The second kappa shape index (κ2) is 5.34. The zero-order valence-corrected chi connectivity index (χ0v) is 10.8. The van der Waals surface area contributed by atoms with Crippen LogP contribution in [0.15, 0.2) is 12.7 Å². The Labute approximate surface area is 94.1 Å². The predicted octanol–water partition coefficient (Wildman–Crippen LogP) is 3.28. The molecule has 0 saturated heterocycles. The van der Waals surface area contributed by atoms with E-state index in [4.69, 9.17) is 0 Å². The molecule has 0 aliphatic carbocycles. The van der Waals surface area contributed by atoms with Gasteiger partial charge < -0.3 is 5.32 Å². The Morgan fingerprint density at radius 2 is 1.73 bits per heavy atom. The van der Waals surface area contributed by atoms with E-state index in [2.05, 4.69) is 25.7 Å². The Bertz CT molecular complexity index is 221. The van der Waals surface area contributed by atoms with Crippen molar-refractivity contribution in [1.82, 2.24) is 5.32 Å². The van der Waals surface area contributed by atoms with Crippen LogP contribution in [0.3, 0.4) is 0 Å². The SMILES string of the molecule is C=CCC(CC)(CC)C(=O)NC(C)(C)C. The molecule has 0 atom stereocenters. The van der Waals surface area contributed by atoms with Crippen molar-refractivity contribution in [2.45, 2.75) is 59.4 Å². The summed E-state index contributed by atoms with van der Waals surface area (Å²) in [5.74, 6) is 0.153. The van der Waals surface area contributed by atoms with Crippen LogP contribution in [0.5, 0.6) is 0 Å². The lowest BCUT2D eigenvalue weighted by Crippen LogP contribution is -2.48. The van der Waals surface area contributed by atoms with E-state index in [1.165, 1.54) is 0 Å². The van der Waals surface area contributed by atoms with Crippen LogP contribution in [0, 0.1) is 5.41 Å². The van der Waals surface area contributed by atoms with Crippen LogP contribution >= 0.6 is 0 Å². The van der Waals surface area contributed by atoms with Crippen molar-refractivity contribution < 1.29 is 4.79 Å². The zero-order chi connectivity index (χ0) is 12.1. The number of hydrogen-bond acceptors (Lipinski definition) is 1. The lowest BCUT2D eigenvalue weighted by Gasteiger charge is -2.33. The molecule has 1 N–H and O–H groups in total. The maximum Gasteiger partial charge on any atom is 0.226 e. The molecule has 0 unspecified atom stereocenters. The molecule has 2 heteroatoms. The maximum absolute atomic E-state index is 12.2. The highest BCUT2D eigenvalue weighted by Crippen LogP contribution is 2.31. The van der Waals surface area contributed by atoms with Gasteiger partial charge in [-0.15, -0.1) is 6.58 Å². The Kier molecular flexibility index (Phi) is 5.06. The Balaban J connectivity index is 4.76. The highest BCUT2D eigenvalue weighted by Gasteiger charge is 2.35. The molecule has 0 heterocycles. The molecule has 0 bridgehead atoms. The quantitative estimate of drug-likeness (QED) is 0.695. The third-order valence-corrected chi connectivity index (χ3v) is 2.86. The summed E-state index contributed by atoms with van der Waals surface area (Å²) >= 11 is 0. The minimum absolute atomic E-state index is 0.153. The molecule has 0 fully saturated rings. The van der Waals surface area contributed by atoms with E-state index in [-0.39, 0.29) is 16.9 Å². The van der Waals surface area contributed by atoms with Crippen LogP contribution in [-0.4, -0.2) is 11.4 Å². The smallest absolute Gasteiger partial charge is 0.226 e. The molecule has 0 radical (unpaired) electrons. The van der Waals surface area contributed by atoms with Gasteiger partial charge in [-0.05, 0) is 40.0 Å². The molecule has 2 nitrogen and oxygen atoms in total. The molecule has 0 spiro atoms. The van der Waals surface area contributed by atoms with Crippen LogP contribution < -0.4 is 5.32 Å². The molecule has 1 amide bonds. The van der Waals surface area contributed by atoms with Gasteiger partial charge in [0.2, 0.25) is 5.91 Å². The van der Waals surface area contributed by atoms with Gasteiger partial charge in [0.1, 0.15) is 0 Å². The molecule has 0 aromatic heterocycles. The first kappa shape index (κ1) is 14.2. The Hall–Kier alpha value is -0.790. The molecular formula is C13H25NO. The maximum atomic E-state index is 12.2. The summed E-state index contributed by atoms with van der Waals surface area (Å²) in [6.07, 6.45) is 4.31. The number of allylic oxidation sites excluding steroid dienone is 1. The largest absolute Gasteiger partial charge is 0.351 e. The van der Waals surface area contributed by atoms with Crippen molar-refractivity contribution in [2.75, 3.05) is 0 Å². The van der Waals surface area contributed by atoms with Crippen molar-refractivity contribution in [3.63, 3.8) is 0 Å². The van der Waals surface area contributed by atoms with Crippen molar-refractivity contribution in [2.24, 2.45) is 5.41 Å².